The van der Waals surface area contributed by atoms with Crippen LogP contribution < -0.4 is 5.73 Å². The molecule has 74 valence electrons. The van der Waals surface area contributed by atoms with Crippen molar-refractivity contribution in [2.45, 2.75) is 20.3 Å². The van der Waals surface area contributed by atoms with Crippen LogP contribution in [-0.2, 0) is 6.42 Å². The van der Waals surface area contributed by atoms with Gasteiger partial charge in [-0.2, -0.15) is 0 Å². The van der Waals surface area contributed by atoms with E-state index in [4.69, 9.17) is 5.73 Å². The summed E-state index contributed by atoms with van der Waals surface area (Å²) in [5.74, 6) is 1.44. The molecule has 0 atom stereocenters. The number of hydrogen-bond donors (Lipinski definition) is 1. The molecule has 2 aromatic rings. The molecule has 0 aromatic carbocycles. The van der Waals surface area contributed by atoms with Gasteiger partial charge in [-0.05, 0) is 29.3 Å². The quantitative estimate of drug-likeness (QED) is 0.847. The van der Waals surface area contributed by atoms with E-state index >= 15 is 0 Å². The Bertz CT molecular complexity index is 489. The van der Waals surface area contributed by atoms with Gasteiger partial charge in [0.25, 0.3) is 0 Å². The molecule has 2 N–H and O–H groups in total. The number of imidazole rings is 1. The van der Waals surface area contributed by atoms with E-state index in [0.717, 1.165) is 28.1 Å². The summed E-state index contributed by atoms with van der Waals surface area (Å²) in [5.41, 5.74) is 7.77. The Kier molecular flexibility index (Phi) is 2.19. The number of halogens is 1. The van der Waals surface area contributed by atoms with Gasteiger partial charge in [-0.25, -0.2) is 9.97 Å². The van der Waals surface area contributed by atoms with E-state index in [2.05, 4.69) is 32.8 Å². The molecular weight excluding hydrogens is 244 g/mol. The van der Waals surface area contributed by atoms with Crippen molar-refractivity contribution in [3.63, 3.8) is 0 Å². The molecule has 0 saturated heterocycles. The molecule has 2 aromatic heterocycles. The van der Waals surface area contributed by atoms with Crippen molar-refractivity contribution in [1.82, 2.24) is 14.4 Å². The Balaban J connectivity index is 2.94. The van der Waals surface area contributed by atoms with Gasteiger partial charge in [0.15, 0.2) is 5.82 Å². The molecular formula is C9H11BrN4. The zero-order valence-corrected chi connectivity index (χ0v) is 9.67. The molecule has 0 radical (unpaired) electrons. The van der Waals surface area contributed by atoms with Crippen LogP contribution in [0.15, 0.2) is 10.8 Å². The summed E-state index contributed by atoms with van der Waals surface area (Å²) in [4.78, 5) is 8.46. The maximum atomic E-state index is 5.79. The normalized spacial score (nSPS) is 11.1. The molecule has 0 saturated carbocycles. The van der Waals surface area contributed by atoms with Crippen molar-refractivity contribution in [2.75, 3.05) is 5.73 Å². The lowest BCUT2D eigenvalue weighted by Gasteiger charge is -2.05. The number of hydrogen-bond acceptors (Lipinski definition) is 3. The molecule has 0 aliphatic rings. The first-order valence-electron chi connectivity index (χ1n) is 4.43. The summed E-state index contributed by atoms with van der Waals surface area (Å²) in [7, 11) is 0. The van der Waals surface area contributed by atoms with E-state index in [1.165, 1.54) is 0 Å². The van der Waals surface area contributed by atoms with Crippen molar-refractivity contribution in [3.8, 4) is 0 Å². The first-order chi connectivity index (χ1) is 6.65. The zero-order valence-electron chi connectivity index (χ0n) is 8.08. The minimum absolute atomic E-state index is 0.509. The number of aromatic nitrogens is 3. The Hall–Kier alpha value is -1.10. The van der Waals surface area contributed by atoms with Gasteiger partial charge in [0.2, 0.25) is 0 Å². The summed E-state index contributed by atoms with van der Waals surface area (Å²) in [6.45, 7) is 4.04. The van der Waals surface area contributed by atoms with Crippen molar-refractivity contribution in [1.29, 1.82) is 0 Å². The van der Waals surface area contributed by atoms with Crippen LogP contribution in [0.4, 0.5) is 5.82 Å². The van der Waals surface area contributed by atoms with Crippen LogP contribution in [0, 0.1) is 6.92 Å². The largest absolute Gasteiger partial charge is 0.382 e. The number of nitrogens with two attached hydrogens (primary N) is 1. The number of fused-ring (bicyclic) bond motifs is 1. The SMILES string of the molecule is CCc1cnc(N)c2c(Br)nc(C)n12. The molecule has 4 nitrogen and oxygen atoms in total. The number of nitrogens with zero attached hydrogens (tertiary/aromatic N) is 3. The van der Waals surface area contributed by atoms with E-state index in [1.807, 2.05) is 11.3 Å². The van der Waals surface area contributed by atoms with Crippen LogP contribution in [0.25, 0.3) is 5.52 Å². The smallest absolute Gasteiger partial charge is 0.150 e. The maximum absolute atomic E-state index is 5.79. The Morgan fingerprint density at radius 3 is 2.93 bits per heavy atom. The Morgan fingerprint density at radius 1 is 1.57 bits per heavy atom. The topological polar surface area (TPSA) is 56.2 Å². The van der Waals surface area contributed by atoms with Gasteiger partial charge in [0.05, 0.1) is 0 Å². The predicted octanol–water partition coefficient (Wildman–Crippen LogP) is 1.94. The lowest BCUT2D eigenvalue weighted by molar-refractivity contribution is 0.914. The number of nitrogen functional groups attached to an aromatic ring is 1. The van der Waals surface area contributed by atoms with Crippen LogP contribution in [-0.4, -0.2) is 14.4 Å². The van der Waals surface area contributed by atoms with E-state index in [9.17, 15) is 0 Å². The first-order valence-corrected chi connectivity index (χ1v) is 5.22. The molecule has 5 heteroatoms. The highest BCUT2D eigenvalue weighted by atomic mass is 79.9. The highest BCUT2D eigenvalue weighted by Crippen LogP contribution is 2.24. The monoisotopic (exact) mass is 254 g/mol. The fourth-order valence-electron chi connectivity index (χ4n) is 1.58. The van der Waals surface area contributed by atoms with Crippen molar-refractivity contribution < 1.29 is 0 Å². The van der Waals surface area contributed by atoms with E-state index < -0.39 is 0 Å². The van der Waals surface area contributed by atoms with Gasteiger partial charge in [0, 0.05) is 11.9 Å². The van der Waals surface area contributed by atoms with Crippen LogP contribution in [0.3, 0.4) is 0 Å². The fraction of sp³-hybridized carbons (Fsp3) is 0.333. The molecule has 14 heavy (non-hydrogen) atoms. The van der Waals surface area contributed by atoms with Crippen molar-refractivity contribution in [3.05, 3.63) is 22.3 Å². The van der Waals surface area contributed by atoms with Gasteiger partial charge in [-0.3, -0.25) is 4.40 Å². The second kappa shape index (κ2) is 3.24. The summed E-state index contributed by atoms with van der Waals surface area (Å²) in [5, 5.41) is 0. The molecule has 0 aliphatic carbocycles. The molecule has 0 bridgehead atoms. The third-order valence-electron chi connectivity index (χ3n) is 2.25. The number of anilines is 1. The highest BCUT2D eigenvalue weighted by Gasteiger charge is 2.12. The average Bonchev–Trinajstić information content (AvgIpc) is 2.44. The van der Waals surface area contributed by atoms with Gasteiger partial charge in [0.1, 0.15) is 15.9 Å². The third-order valence-corrected chi connectivity index (χ3v) is 2.80. The minimum Gasteiger partial charge on any atom is -0.382 e. The lowest BCUT2D eigenvalue weighted by Crippen LogP contribution is -2.02. The zero-order chi connectivity index (χ0) is 10.3. The van der Waals surface area contributed by atoms with Gasteiger partial charge in [-0.15, -0.1) is 0 Å². The molecule has 2 rings (SSSR count). The van der Waals surface area contributed by atoms with E-state index in [0.29, 0.717) is 5.82 Å². The fourth-order valence-corrected chi connectivity index (χ4v) is 2.22. The summed E-state index contributed by atoms with van der Waals surface area (Å²) >= 11 is 3.38. The maximum Gasteiger partial charge on any atom is 0.150 e. The Labute approximate surface area is 90.3 Å². The second-order valence-electron chi connectivity index (χ2n) is 3.12. The molecule has 0 unspecified atom stereocenters. The third kappa shape index (κ3) is 1.19. The van der Waals surface area contributed by atoms with Crippen LogP contribution in [0.1, 0.15) is 18.4 Å². The van der Waals surface area contributed by atoms with Crippen molar-refractivity contribution >= 4 is 27.3 Å². The van der Waals surface area contributed by atoms with E-state index in [1.54, 1.807) is 6.20 Å². The molecule has 0 spiro atoms. The lowest BCUT2D eigenvalue weighted by atomic mass is 10.3. The molecule has 0 amide bonds. The highest BCUT2D eigenvalue weighted by molar-refractivity contribution is 9.10. The standard InChI is InChI=1S/C9H11BrN4/c1-3-6-4-12-9(11)7-8(10)13-5(2)14(6)7/h4H,3H2,1-2H3,(H2,11,12). The summed E-state index contributed by atoms with van der Waals surface area (Å²) < 4.78 is 2.79. The van der Waals surface area contributed by atoms with E-state index in [-0.39, 0.29) is 0 Å². The van der Waals surface area contributed by atoms with Crippen LogP contribution in [0.5, 0.6) is 0 Å². The number of aryl methyl sites for hydroxylation is 2. The number of rotatable bonds is 1. The first kappa shape index (κ1) is 9.45. The molecule has 0 aliphatic heterocycles. The summed E-state index contributed by atoms with van der Waals surface area (Å²) in [6.07, 6.45) is 2.71. The van der Waals surface area contributed by atoms with Crippen LogP contribution >= 0.6 is 15.9 Å². The molecule has 0 fully saturated rings. The van der Waals surface area contributed by atoms with Gasteiger partial charge in [-0.1, -0.05) is 6.92 Å². The summed E-state index contributed by atoms with van der Waals surface area (Å²) in [6, 6.07) is 0. The van der Waals surface area contributed by atoms with Crippen molar-refractivity contribution in [2.24, 2.45) is 0 Å². The Morgan fingerprint density at radius 2 is 2.29 bits per heavy atom. The van der Waals surface area contributed by atoms with Gasteiger partial charge < -0.3 is 5.73 Å². The average molecular weight is 255 g/mol. The van der Waals surface area contributed by atoms with Crippen LogP contribution in [0.2, 0.25) is 0 Å². The minimum atomic E-state index is 0.509. The second-order valence-corrected chi connectivity index (χ2v) is 3.87. The molecule has 2 heterocycles. The van der Waals surface area contributed by atoms with Gasteiger partial charge >= 0.3 is 0 Å². The predicted molar refractivity (Wildman–Crippen MR) is 59.2 cm³/mol.